The van der Waals surface area contributed by atoms with Gasteiger partial charge in [0.25, 0.3) is 5.91 Å². The molecule has 1 aliphatic heterocycles. The monoisotopic (exact) mass is 261 g/mol. The Hall–Kier alpha value is -1.66. The number of likely N-dealkylation sites (tertiary alicyclic amines) is 1. The molecule has 0 saturated carbocycles. The second kappa shape index (κ2) is 4.91. The third-order valence-corrected chi connectivity index (χ3v) is 2.31. The summed E-state index contributed by atoms with van der Waals surface area (Å²) >= 11 is 0. The molecule has 0 aromatic carbocycles. The molecule has 1 saturated heterocycles. The Morgan fingerprint density at radius 2 is 1.94 bits per heavy atom. The first kappa shape index (κ1) is 14.4. The highest BCUT2D eigenvalue weighted by atomic mass is 19.1. The summed E-state index contributed by atoms with van der Waals surface area (Å²) in [5.74, 6) is -1.91. The van der Waals surface area contributed by atoms with Crippen molar-refractivity contribution in [2.75, 3.05) is 7.11 Å². The normalized spacial score (nSPS) is 24.1. The van der Waals surface area contributed by atoms with Crippen molar-refractivity contribution in [3.8, 4) is 0 Å². The fourth-order valence-corrected chi connectivity index (χ4v) is 1.57. The van der Waals surface area contributed by atoms with E-state index in [1.165, 1.54) is 0 Å². The number of rotatable bonds is 1. The second-order valence-corrected chi connectivity index (χ2v) is 4.93. The summed E-state index contributed by atoms with van der Waals surface area (Å²) in [6, 6.07) is -1.26. The molecule has 18 heavy (non-hydrogen) atoms. The Bertz CT molecular complexity index is 376. The van der Waals surface area contributed by atoms with Gasteiger partial charge in [0.05, 0.1) is 7.11 Å². The SMILES string of the molecule is COC(=O)[C@@H]1C[C@@H](F)C(=O)N1C(=O)OC(C)(C)C. The van der Waals surface area contributed by atoms with Crippen molar-refractivity contribution in [3.63, 3.8) is 0 Å². The van der Waals surface area contributed by atoms with E-state index in [0.29, 0.717) is 4.90 Å². The Morgan fingerprint density at radius 3 is 2.39 bits per heavy atom. The summed E-state index contributed by atoms with van der Waals surface area (Å²) in [6.45, 7) is 4.81. The summed E-state index contributed by atoms with van der Waals surface area (Å²) < 4.78 is 22.7. The van der Waals surface area contributed by atoms with Gasteiger partial charge in [-0.1, -0.05) is 0 Å². The third-order valence-electron chi connectivity index (χ3n) is 2.31. The van der Waals surface area contributed by atoms with Crippen LogP contribution in [0, 0.1) is 0 Å². The average Bonchev–Trinajstić information content (AvgIpc) is 2.52. The average molecular weight is 261 g/mol. The van der Waals surface area contributed by atoms with Gasteiger partial charge in [-0.25, -0.2) is 18.9 Å². The van der Waals surface area contributed by atoms with Gasteiger partial charge in [0.15, 0.2) is 6.17 Å². The van der Waals surface area contributed by atoms with E-state index in [0.717, 1.165) is 7.11 Å². The lowest BCUT2D eigenvalue weighted by molar-refractivity contribution is -0.148. The van der Waals surface area contributed by atoms with Crippen molar-refractivity contribution in [1.82, 2.24) is 4.90 Å². The quantitative estimate of drug-likeness (QED) is 0.659. The second-order valence-electron chi connectivity index (χ2n) is 4.93. The summed E-state index contributed by atoms with van der Waals surface area (Å²) in [4.78, 5) is 35.1. The molecular formula is C11H16FNO5. The Morgan fingerprint density at radius 1 is 1.39 bits per heavy atom. The highest BCUT2D eigenvalue weighted by Gasteiger charge is 2.49. The third kappa shape index (κ3) is 2.96. The van der Waals surface area contributed by atoms with Gasteiger partial charge >= 0.3 is 12.1 Å². The first-order chi connectivity index (χ1) is 8.17. The van der Waals surface area contributed by atoms with Gasteiger partial charge in [-0.2, -0.15) is 0 Å². The van der Waals surface area contributed by atoms with Crippen molar-refractivity contribution >= 4 is 18.0 Å². The van der Waals surface area contributed by atoms with Crippen LogP contribution in [0.25, 0.3) is 0 Å². The molecule has 102 valence electrons. The lowest BCUT2D eigenvalue weighted by atomic mass is 10.2. The number of halogens is 1. The molecule has 0 unspecified atom stereocenters. The number of carbonyl (C=O) groups excluding carboxylic acids is 3. The fourth-order valence-electron chi connectivity index (χ4n) is 1.57. The maximum absolute atomic E-state index is 13.3. The van der Waals surface area contributed by atoms with Crippen LogP contribution < -0.4 is 0 Å². The largest absolute Gasteiger partial charge is 0.467 e. The molecule has 0 aromatic heterocycles. The van der Waals surface area contributed by atoms with Crippen LogP contribution in [0.1, 0.15) is 27.2 Å². The number of amides is 2. The molecule has 1 aliphatic rings. The van der Waals surface area contributed by atoms with Crippen molar-refractivity contribution in [3.05, 3.63) is 0 Å². The van der Waals surface area contributed by atoms with E-state index in [1.807, 2.05) is 0 Å². The minimum atomic E-state index is -1.89. The molecule has 0 aromatic rings. The van der Waals surface area contributed by atoms with Crippen LogP contribution in [-0.2, 0) is 19.1 Å². The summed E-state index contributed by atoms with van der Waals surface area (Å²) in [6.07, 6.45) is -3.32. The first-order valence-electron chi connectivity index (χ1n) is 5.45. The molecule has 0 aliphatic carbocycles. The van der Waals surface area contributed by atoms with Gasteiger partial charge in [-0.05, 0) is 20.8 Å². The Kier molecular flexibility index (Phi) is 3.93. The molecule has 1 fully saturated rings. The number of hydrogen-bond donors (Lipinski definition) is 0. The zero-order valence-corrected chi connectivity index (χ0v) is 10.7. The highest BCUT2D eigenvalue weighted by molar-refractivity contribution is 6.01. The van der Waals surface area contributed by atoms with Gasteiger partial charge in [0, 0.05) is 6.42 Å². The van der Waals surface area contributed by atoms with E-state index in [1.54, 1.807) is 20.8 Å². The number of methoxy groups -OCH3 is 1. The standard InChI is InChI=1S/C11H16FNO5/c1-11(2,3)18-10(16)13-7(9(15)17-4)5-6(12)8(13)14/h6-7H,5H2,1-4H3/t6-,7+/m1/s1. The maximum Gasteiger partial charge on any atom is 0.417 e. The lowest BCUT2D eigenvalue weighted by Crippen LogP contribution is -2.46. The van der Waals surface area contributed by atoms with E-state index in [4.69, 9.17) is 4.74 Å². The van der Waals surface area contributed by atoms with Crippen LogP contribution in [-0.4, -0.2) is 47.8 Å². The molecule has 0 N–H and O–H groups in total. The number of imide groups is 1. The number of esters is 1. The number of ether oxygens (including phenoxy) is 2. The Labute approximate surface area is 104 Å². The predicted octanol–water partition coefficient (Wildman–Crippen LogP) is 1.03. The van der Waals surface area contributed by atoms with Crippen molar-refractivity contribution < 1.29 is 28.2 Å². The highest BCUT2D eigenvalue weighted by Crippen LogP contribution is 2.25. The molecule has 7 heteroatoms. The summed E-state index contributed by atoms with van der Waals surface area (Å²) in [7, 11) is 1.10. The molecule has 6 nitrogen and oxygen atoms in total. The molecule has 2 amide bonds. The maximum atomic E-state index is 13.3. The van der Waals surface area contributed by atoms with Crippen molar-refractivity contribution in [2.24, 2.45) is 0 Å². The van der Waals surface area contributed by atoms with Gasteiger partial charge in [-0.15, -0.1) is 0 Å². The Balaban J connectivity index is 2.91. The van der Waals surface area contributed by atoms with Crippen LogP contribution >= 0.6 is 0 Å². The number of carbonyl (C=O) groups is 3. The van der Waals surface area contributed by atoms with Crippen LogP contribution in [0.2, 0.25) is 0 Å². The number of hydrogen-bond acceptors (Lipinski definition) is 5. The summed E-state index contributed by atoms with van der Waals surface area (Å²) in [5, 5.41) is 0. The van der Waals surface area contributed by atoms with E-state index in [-0.39, 0.29) is 0 Å². The number of nitrogens with zero attached hydrogens (tertiary/aromatic N) is 1. The van der Waals surface area contributed by atoms with Crippen LogP contribution in [0.5, 0.6) is 0 Å². The molecule has 0 radical (unpaired) electrons. The molecular weight excluding hydrogens is 245 g/mol. The zero-order chi connectivity index (χ0) is 14.1. The molecule has 1 rings (SSSR count). The van der Waals surface area contributed by atoms with Gasteiger partial charge < -0.3 is 9.47 Å². The van der Waals surface area contributed by atoms with Gasteiger partial charge in [0.1, 0.15) is 11.6 Å². The zero-order valence-electron chi connectivity index (χ0n) is 10.7. The van der Waals surface area contributed by atoms with E-state index >= 15 is 0 Å². The van der Waals surface area contributed by atoms with E-state index < -0.39 is 42.2 Å². The van der Waals surface area contributed by atoms with Crippen LogP contribution in [0.3, 0.4) is 0 Å². The van der Waals surface area contributed by atoms with Crippen molar-refractivity contribution in [1.29, 1.82) is 0 Å². The smallest absolute Gasteiger partial charge is 0.417 e. The first-order valence-corrected chi connectivity index (χ1v) is 5.45. The lowest BCUT2D eigenvalue weighted by Gasteiger charge is -2.25. The van der Waals surface area contributed by atoms with E-state index in [9.17, 15) is 18.8 Å². The fraction of sp³-hybridized carbons (Fsp3) is 0.727. The minimum absolute atomic E-state index is 0.398. The van der Waals surface area contributed by atoms with Gasteiger partial charge in [-0.3, -0.25) is 4.79 Å². The molecule has 2 atom stereocenters. The predicted molar refractivity (Wildman–Crippen MR) is 58.4 cm³/mol. The van der Waals surface area contributed by atoms with E-state index in [2.05, 4.69) is 4.74 Å². The van der Waals surface area contributed by atoms with Gasteiger partial charge in [0.2, 0.25) is 0 Å². The van der Waals surface area contributed by atoms with Crippen LogP contribution in [0.15, 0.2) is 0 Å². The van der Waals surface area contributed by atoms with Crippen LogP contribution in [0.4, 0.5) is 9.18 Å². The molecule has 1 heterocycles. The van der Waals surface area contributed by atoms with Crippen molar-refractivity contribution in [2.45, 2.75) is 45.0 Å². The summed E-state index contributed by atoms with van der Waals surface area (Å²) in [5.41, 5.74) is -0.841. The molecule has 0 bridgehead atoms. The topological polar surface area (TPSA) is 72.9 Å². The minimum Gasteiger partial charge on any atom is -0.467 e. The number of alkyl halides is 1. The molecule has 0 spiro atoms.